The van der Waals surface area contributed by atoms with E-state index in [1.54, 1.807) is 36.4 Å². The van der Waals surface area contributed by atoms with Crippen molar-refractivity contribution in [1.29, 1.82) is 0 Å². The van der Waals surface area contributed by atoms with Crippen LogP contribution in [0.15, 0.2) is 53.4 Å². The van der Waals surface area contributed by atoms with Crippen molar-refractivity contribution in [3.05, 3.63) is 54.1 Å². The number of anilines is 1. The number of carbonyl (C=O) groups is 1. The summed E-state index contributed by atoms with van der Waals surface area (Å²) in [5.74, 6) is 0.523. The summed E-state index contributed by atoms with van der Waals surface area (Å²) in [7, 11) is -3.65. The zero-order valence-electron chi connectivity index (χ0n) is 16.0. The number of hydrogen-bond donors (Lipinski definition) is 2. The summed E-state index contributed by atoms with van der Waals surface area (Å²) in [5, 5.41) is 2.76. The van der Waals surface area contributed by atoms with Gasteiger partial charge in [-0.05, 0) is 62.2 Å². The highest BCUT2D eigenvalue weighted by molar-refractivity contribution is 7.89. The van der Waals surface area contributed by atoms with Gasteiger partial charge in [-0.25, -0.2) is 13.1 Å². The summed E-state index contributed by atoms with van der Waals surface area (Å²) in [6.07, 6.45) is 0.0689. The third kappa shape index (κ3) is 6.37. The molecule has 2 aromatic rings. The summed E-state index contributed by atoms with van der Waals surface area (Å²) in [6, 6.07) is 13.0. The Balaban J connectivity index is 2.11. The minimum atomic E-state index is -3.65. The van der Waals surface area contributed by atoms with E-state index in [0.717, 1.165) is 0 Å². The van der Waals surface area contributed by atoms with Crippen molar-refractivity contribution in [2.45, 2.75) is 38.7 Å². The van der Waals surface area contributed by atoms with Crippen LogP contribution in [0.1, 0.15) is 38.1 Å². The molecule has 0 bridgehead atoms. The fraction of sp³-hybridized carbons (Fsp3) is 0.350. The van der Waals surface area contributed by atoms with Crippen LogP contribution in [0.3, 0.4) is 0 Å². The molecule has 1 amide bonds. The summed E-state index contributed by atoms with van der Waals surface area (Å²) < 4.78 is 32.8. The van der Waals surface area contributed by atoms with Gasteiger partial charge in [-0.3, -0.25) is 4.79 Å². The molecule has 0 spiro atoms. The van der Waals surface area contributed by atoms with E-state index < -0.39 is 10.0 Å². The number of benzene rings is 2. The number of sulfonamides is 1. The average molecular weight is 391 g/mol. The first-order valence-electron chi connectivity index (χ1n) is 8.85. The maximum absolute atomic E-state index is 12.5. The first kappa shape index (κ1) is 20.9. The number of hydrogen-bond acceptors (Lipinski definition) is 4. The molecule has 0 radical (unpaired) electrons. The Hall–Kier alpha value is -2.38. The zero-order valence-corrected chi connectivity index (χ0v) is 16.8. The highest BCUT2D eigenvalue weighted by Crippen LogP contribution is 2.18. The molecule has 146 valence electrons. The van der Waals surface area contributed by atoms with Crippen LogP contribution in [-0.2, 0) is 10.0 Å². The SMILES string of the molecule is CC(C)CNS(=O)(=O)c1cccc(C(=O)Nc2ccc(OC(C)C)cc2)c1. The quantitative estimate of drug-likeness (QED) is 0.720. The topological polar surface area (TPSA) is 84.5 Å². The first-order chi connectivity index (χ1) is 12.7. The van der Waals surface area contributed by atoms with Crippen LogP contribution in [0.5, 0.6) is 5.75 Å². The Morgan fingerprint density at radius 2 is 1.70 bits per heavy atom. The van der Waals surface area contributed by atoms with Gasteiger partial charge in [-0.15, -0.1) is 0 Å². The smallest absolute Gasteiger partial charge is 0.255 e. The molecule has 0 aliphatic heterocycles. The Kier molecular flexibility index (Phi) is 6.98. The Morgan fingerprint density at radius 1 is 1.04 bits per heavy atom. The van der Waals surface area contributed by atoms with E-state index in [2.05, 4.69) is 10.0 Å². The monoisotopic (exact) mass is 390 g/mol. The molecule has 0 aromatic heterocycles. The molecule has 2 aromatic carbocycles. The van der Waals surface area contributed by atoms with Gasteiger partial charge in [0.05, 0.1) is 11.0 Å². The second kappa shape index (κ2) is 9.01. The van der Waals surface area contributed by atoms with E-state index in [0.29, 0.717) is 18.0 Å². The second-order valence-electron chi connectivity index (χ2n) is 6.92. The molecule has 27 heavy (non-hydrogen) atoms. The summed E-state index contributed by atoms with van der Waals surface area (Å²) in [4.78, 5) is 12.5. The van der Waals surface area contributed by atoms with Gasteiger partial charge in [-0.2, -0.15) is 0 Å². The third-order valence-corrected chi connectivity index (χ3v) is 4.99. The van der Waals surface area contributed by atoms with Crippen molar-refractivity contribution in [2.24, 2.45) is 5.92 Å². The van der Waals surface area contributed by atoms with Crippen LogP contribution < -0.4 is 14.8 Å². The number of ether oxygens (including phenoxy) is 1. The average Bonchev–Trinajstić information content (AvgIpc) is 2.61. The molecule has 0 fully saturated rings. The molecule has 6 nitrogen and oxygen atoms in total. The highest BCUT2D eigenvalue weighted by atomic mass is 32.2. The molecule has 0 saturated heterocycles. The predicted molar refractivity (Wildman–Crippen MR) is 107 cm³/mol. The van der Waals surface area contributed by atoms with Crippen LogP contribution >= 0.6 is 0 Å². The van der Waals surface area contributed by atoms with E-state index in [1.807, 2.05) is 27.7 Å². The molecule has 2 rings (SSSR count). The van der Waals surface area contributed by atoms with Gasteiger partial charge in [-0.1, -0.05) is 19.9 Å². The Bertz CT molecular complexity index is 875. The lowest BCUT2D eigenvalue weighted by atomic mass is 10.2. The second-order valence-corrected chi connectivity index (χ2v) is 8.69. The van der Waals surface area contributed by atoms with E-state index >= 15 is 0 Å². The summed E-state index contributed by atoms with van der Waals surface area (Å²) >= 11 is 0. The van der Waals surface area contributed by atoms with Gasteiger partial charge in [0.15, 0.2) is 0 Å². The largest absolute Gasteiger partial charge is 0.491 e. The number of nitrogens with one attached hydrogen (secondary N) is 2. The van der Waals surface area contributed by atoms with Crippen molar-refractivity contribution < 1.29 is 17.9 Å². The minimum Gasteiger partial charge on any atom is -0.491 e. The van der Waals surface area contributed by atoms with E-state index in [-0.39, 0.29) is 28.4 Å². The number of amides is 1. The molecule has 0 saturated carbocycles. The van der Waals surface area contributed by atoms with Crippen molar-refractivity contribution >= 4 is 21.6 Å². The van der Waals surface area contributed by atoms with Crippen molar-refractivity contribution in [2.75, 3.05) is 11.9 Å². The number of rotatable bonds is 8. The fourth-order valence-corrected chi connectivity index (χ4v) is 3.52. The zero-order chi connectivity index (χ0) is 20.0. The van der Waals surface area contributed by atoms with Crippen LogP contribution in [0.25, 0.3) is 0 Å². The first-order valence-corrected chi connectivity index (χ1v) is 10.3. The molecule has 7 heteroatoms. The summed E-state index contributed by atoms with van der Waals surface area (Å²) in [5.41, 5.74) is 0.868. The maximum atomic E-state index is 12.5. The molecule has 0 atom stereocenters. The number of carbonyl (C=O) groups excluding carboxylic acids is 1. The van der Waals surface area contributed by atoms with Crippen LogP contribution in [0.2, 0.25) is 0 Å². The van der Waals surface area contributed by atoms with Gasteiger partial charge in [0.2, 0.25) is 10.0 Å². The van der Waals surface area contributed by atoms with Gasteiger partial charge in [0.25, 0.3) is 5.91 Å². The van der Waals surface area contributed by atoms with Gasteiger partial charge in [0.1, 0.15) is 5.75 Å². The van der Waals surface area contributed by atoms with Crippen LogP contribution in [0, 0.1) is 5.92 Å². The van der Waals surface area contributed by atoms with E-state index in [1.165, 1.54) is 12.1 Å². The van der Waals surface area contributed by atoms with E-state index in [4.69, 9.17) is 4.74 Å². The molecule has 2 N–H and O–H groups in total. The normalized spacial score (nSPS) is 11.6. The van der Waals surface area contributed by atoms with Crippen LogP contribution in [-0.4, -0.2) is 27.0 Å². The highest BCUT2D eigenvalue weighted by Gasteiger charge is 2.16. The van der Waals surface area contributed by atoms with E-state index in [9.17, 15) is 13.2 Å². The van der Waals surface area contributed by atoms with Gasteiger partial charge < -0.3 is 10.1 Å². The van der Waals surface area contributed by atoms with Crippen molar-refractivity contribution in [3.8, 4) is 5.75 Å². The third-order valence-electron chi connectivity index (χ3n) is 3.57. The minimum absolute atomic E-state index is 0.0662. The van der Waals surface area contributed by atoms with Crippen molar-refractivity contribution in [1.82, 2.24) is 4.72 Å². The molecule has 0 heterocycles. The standard InChI is InChI=1S/C20H26N2O4S/c1-14(2)13-21-27(24,25)19-7-5-6-16(12-19)20(23)22-17-8-10-18(11-9-17)26-15(3)4/h5-12,14-15,21H,13H2,1-4H3,(H,22,23). The molecular formula is C20H26N2O4S. The lowest BCUT2D eigenvalue weighted by molar-refractivity contribution is 0.102. The molecule has 0 unspecified atom stereocenters. The molecule has 0 aliphatic carbocycles. The Morgan fingerprint density at radius 3 is 2.30 bits per heavy atom. The fourth-order valence-electron chi connectivity index (χ4n) is 2.26. The summed E-state index contributed by atoms with van der Waals surface area (Å²) in [6.45, 7) is 8.05. The van der Waals surface area contributed by atoms with Crippen molar-refractivity contribution in [3.63, 3.8) is 0 Å². The molecule has 0 aliphatic rings. The Labute approximate surface area is 161 Å². The van der Waals surface area contributed by atoms with Gasteiger partial charge >= 0.3 is 0 Å². The lowest BCUT2D eigenvalue weighted by Gasteiger charge is -2.11. The van der Waals surface area contributed by atoms with Crippen LogP contribution in [0.4, 0.5) is 5.69 Å². The predicted octanol–water partition coefficient (Wildman–Crippen LogP) is 3.66. The van der Waals surface area contributed by atoms with Gasteiger partial charge in [0, 0.05) is 17.8 Å². The maximum Gasteiger partial charge on any atom is 0.255 e. The lowest BCUT2D eigenvalue weighted by Crippen LogP contribution is -2.27. The molecular weight excluding hydrogens is 364 g/mol.